The van der Waals surface area contributed by atoms with Crippen LogP contribution in [0.2, 0.25) is 0 Å². The van der Waals surface area contributed by atoms with Crippen LogP contribution in [0, 0.1) is 5.92 Å². The number of pyridine rings is 1. The molecule has 2 aromatic carbocycles. The molecule has 1 aromatic heterocycles. The van der Waals surface area contributed by atoms with E-state index in [-0.39, 0.29) is 17.7 Å². The molecular weight excluding hydrogens is 378 g/mol. The van der Waals surface area contributed by atoms with Gasteiger partial charge in [0.15, 0.2) is 0 Å². The first-order chi connectivity index (χ1) is 14.7. The molecule has 1 N–H and O–H groups in total. The highest BCUT2D eigenvalue weighted by Gasteiger charge is 2.28. The number of carbonyl (C=O) groups excluding carboxylic acids is 2. The number of nitrogens with zero attached hydrogens (tertiary/aromatic N) is 2. The Hall–Kier alpha value is -3.41. The number of benzene rings is 2. The standard InChI is InChI=1S/C24H25N3O3/c28-23(12-15-30-21-8-2-1-3-9-21)27-14-5-7-19(17-27)24(29)26-20-10-11-22-18(16-20)6-4-13-25-22/h1-4,6,8-11,13,16,19H,5,7,12,14-15,17H2,(H,26,29). The van der Waals surface area contributed by atoms with E-state index in [0.29, 0.717) is 26.1 Å². The van der Waals surface area contributed by atoms with Crippen LogP contribution in [-0.2, 0) is 9.59 Å². The molecule has 0 aliphatic carbocycles. The van der Waals surface area contributed by atoms with Gasteiger partial charge in [0.1, 0.15) is 5.75 Å². The zero-order chi connectivity index (χ0) is 20.8. The van der Waals surface area contributed by atoms with Crippen molar-refractivity contribution in [2.45, 2.75) is 19.3 Å². The zero-order valence-corrected chi connectivity index (χ0v) is 16.8. The summed E-state index contributed by atoms with van der Waals surface area (Å²) in [6.45, 7) is 1.47. The van der Waals surface area contributed by atoms with Crippen molar-refractivity contribution in [1.82, 2.24) is 9.88 Å². The smallest absolute Gasteiger partial charge is 0.229 e. The first-order valence-corrected chi connectivity index (χ1v) is 10.3. The molecule has 30 heavy (non-hydrogen) atoms. The largest absolute Gasteiger partial charge is 0.493 e. The van der Waals surface area contributed by atoms with Crippen molar-refractivity contribution in [2.75, 3.05) is 25.0 Å². The van der Waals surface area contributed by atoms with Gasteiger partial charge in [-0.3, -0.25) is 14.6 Å². The van der Waals surface area contributed by atoms with E-state index >= 15 is 0 Å². The molecule has 0 bridgehead atoms. The van der Waals surface area contributed by atoms with Crippen LogP contribution >= 0.6 is 0 Å². The summed E-state index contributed by atoms with van der Waals surface area (Å²) in [6.07, 6.45) is 3.66. The molecular formula is C24H25N3O3. The third-order valence-corrected chi connectivity index (χ3v) is 5.34. The minimum Gasteiger partial charge on any atom is -0.493 e. The maximum absolute atomic E-state index is 12.8. The Morgan fingerprint density at radius 1 is 1.10 bits per heavy atom. The van der Waals surface area contributed by atoms with Gasteiger partial charge in [0.05, 0.1) is 24.5 Å². The summed E-state index contributed by atoms with van der Waals surface area (Å²) in [7, 11) is 0. The van der Waals surface area contributed by atoms with E-state index in [0.717, 1.165) is 35.2 Å². The minimum absolute atomic E-state index is 0.0280. The lowest BCUT2D eigenvalue weighted by atomic mass is 9.96. The lowest BCUT2D eigenvalue weighted by Crippen LogP contribution is -2.44. The van der Waals surface area contributed by atoms with Gasteiger partial charge in [0, 0.05) is 30.4 Å². The summed E-state index contributed by atoms with van der Waals surface area (Å²) >= 11 is 0. The molecule has 2 amide bonds. The molecule has 1 unspecified atom stereocenters. The second-order valence-electron chi connectivity index (χ2n) is 7.49. The van der Waals surface area contributed by atoms with Crippen LogP contribution in [-0.4, -0.2) is 41.4 Å². The minimum atomic E-state index is -0.206. The number of anilines is 1. The molecule has 0 spiro atoms. The van der Waals surface area contributed by atoms with E-state index < -0.39 is 0 Å². The highest BCUT2D eigenvalue weighted by molar-refractivity contribution is 5.95. The van der Waals surface area contributed by atoms with Crippen LogP contribution in [0.3, 0.4) is 0 Å². The molecule has 1 atom stereocenters. The number of nitrogens with one attached hydrogen (secondary N) is 1. The number of aromatic nitrogens is 1. The van der Waals surface area contributed by atoms with E-state index in [4.69, 9.17) is 4.74 Å². The number of fused-ring (bicyclic) bond motifs is 1. The van der Waals surface area contributed by atoms with Crippen LogP contribution in [0.25, 0.3) is 10.9 Å². The Bertz CT molecular complexity index is 1020. The van der Waals surface area contributed by atoms with Crippen LogP contribution in [0.15, 0.2) is 66.9 Å². The molecule has 1 saturated heterocycles. The Kier molecular flexibility index (Phi) is 6.23. The highest BCUT2D eigenvalue weighted by Crippen LogP contribution is 2.22. The topological polar surface area (TPSA) is 71.5 Å². The quantitative estimate of drug-likeness (QED) is 0.678. The molecule has 3 aromatic rings. The highest BCUT2D eigenvalue weighted by atomic mass is 16.5. The Morgan fingerprint density at radius 2 is 1.97 bits per heavy atom. The number of likely N-dealkylation sites (tertiary alicyclic amines) is 1. The molecule has 0 saturated carbocycles. The van der Waals surface area contributed by atoms with Crippen molar-refractivity contribution in [3.05, 3.63) is 66.9 Å². The van der Waals surface area contributed by atoms with Crippen LogP contribution in [0.4, 0.5) is 5.69 Å². The number of ether oxygens (including phenoxy) is 1. The fraction of sp³-hybridized carbons (Fsp3) is 0.292. The summed E-state index contributed by atoms with van der Waals surface area (Å²) in [6, 6.07) is 19.0. The molecule has 6 heteroatoms. The van der Waals surface area contributed by atoms with E-state index in [9.17, 15) is 9.59 Å². The number of hydrogen-bond donors (Lipinski definition) is 1. The molecule has 2 heterocycles. The number of rotatable bonds is 6. The van der Waals surface area contributed by atoms with Gasteiger partial charge in [-0.15, -0.1) is 0 Å². The predicted molar refractivity (Wildman–Crippen MR) is 116 cm³/mol. The van der Waals surface area contributed by atoms with E-state index in [1.165, 1.54) is 0 Å². The van der Waals surface area contributed by atoms with Gasteiger partial charge in [0.25, 0.3) is 0 Å². The van der Waals surface area contributed by atoms with Crippen molar-refractivity contribution in [3.63, 3.8) is 0 Å². The Morgan fingerprint density at radius 3 is 2.83 bits per heavy atom. The van der Waals surface area contributed by atoms with E-state index in [2.05, 4.69) is 10.3 Å². The summed E-state index contributed by atoms with van der Waals surface area (Å²) < 4.78 is 5.62. The van der Waals surface area contributed by atoms with Crippen LogP contribution in [0.1, 0.15) is 19.3 Å². The van der Waals surface area contributed by atoms with Gasteiger partial charge in [-0.25, -0.2) is 0 Å². The van der Waals surface area contributed by atoms with E-state index in [1.807, 2.05) is 60.7 Å². The maximum atomic E-state index is 12.8. The van der Waals surface area contributed by atoms with Gasteiger partial charge in [-0.1, -0.05) is 24.3 Å². The third kappa shape index (κ3) is 4.95. The van der Waals surface area contributed by atoms with Gasteiger partial charge >= 0.3 is 0 Å². The maximum Gasteiger partial charge on any atom is 0.229 e. The first-order valence-electron chi connectivity index (χ1n) is 10.3. The first kappa shape index (κ1) is 19.9. The number of piperidine rings is 1. The zero-order valence-electron chi connectivity index (χ0n) is 16.8. The van der Waals surface area contributed by atoms with Crippen molar-refractivity contribution in [2.24, 2.45) is 5.92 Å². The molecule has 1 aliphatic rings. The Labute approximate surface area is 175 Å². The average Bonchev–Trinajstić information content (AvgIpc) is 2.79. The number of amides is 2. The summed E-state index contributed by atoms with van der Waals surface area (Å²) in [5.41, 5.74) is 1.64. The lowest BCUT2D eigenvalue weighted by Gasteiger charge is -2.32. The van der Waals surface area contributed by atoms with Gasteiger partial charge < -0.3 is 15.0 Å². The van der Waals surface area contributed by atoms with Crippen molar-refractivity contribution < 1.29 is 14.3 Å². The van der Waals surface area contributed by atoms with E-state index in [1.54, 1.807) is 11.1 Å². The van der Waals surface area contributed by atoms with Crippen LogP contribution in [0.5, 0.6) is 5.75 Å². The molecule has 4 rings (SSSR count). The second-order valence-corrected chi connectivity index (χ2v) is 7.49. The molecule has 6 nitrogen and oxygen atoms in total. The average molecular weight is 403 g/mol. The molecule has 154 valence electrons. The molecule has 1 fully saturated rings. The van der Waals surface area contributed by atoms with Gasteiger partial charge in [-0.05, 0) is 49.2 Å². The van der Waals surface area contributed by atoms with Gasteiger partial charge in [-0.2, -0.15) is 0 Å². The Balaban J connectivity index is 1.30. The predicted octanol–water partition coefficient (Wildman–Crippen LogP) is 3.88. The summed E-state index contributed by atoms with van der Waals surface area (Å²) in [5.74, 6) is 0.533. The SMILES string of the molecule is O=C(Nc1ccc2ncccc2c1)C1CCCN(C(=O)CCOc2ccccc2)C1. The number of hydrogen-bond acceptors (Lipinski definition) is 4. The molecule has 1 aliphatic heterocycles. The fourth-order valence-corrected chi connectivity index (χ4v) is 3.75. The van der Waals surface area contributed by atoms with Crippen molar-refractivity contribution in [1.29, 1.82) is 0 Å². The fourth-order valence-electron chi connectivity index (χ4n) is 3.75. The third-order valence-electron chi connectivity index (χ3n) is 5.34. The van der Waals surface area contributed by atoms with Crippen molar-refractivity contribution >= 4 is 28.4 Å². The number of carbonyl (C=O) groups is 2. The normalized spacial score (nSPS) is 16.3. The monoisotopic (exact) mass is 403 g/mol. The molecule has 0 radical (unpaired) electrons. The van der Waals surface area contributed by atoms with Crippen LogP contribution < -0.4 is 10.1 Å². The summed E-state index contributed by atoms with van der Waals surface area (Å²) in [5, 5.41) is 3.98. The van der Waals surface area contributed by atoms with Gasteiger partial charge in [0.2, 0.25) is 11.8 Å². The lowest BCUT2D eigenvalue weighted by molar-refractivity contribution is -0.135. The number of para-hydroxylation sites is 1. The second kappa shape index (κ2) is 9.39. The van der Waals surface area contributed by atoms with Crippen molar-refractivity contribution in [3.8, 4) is 5.75 Å². The summed E-state index contributed by atoms with van der Waals surface area (Å²) in [4.78, 5) is 31.4.